The van der Waals surface area contributed by atoms with Crippen LogP contribution in [0.25, 0.3) is 0 Å². The number of piperidine rings is 1. The van der Waals surface area contributed by atoms with Crippen molar-refractivity contribution in [2.24, 2.45) is 0 Å². The van der Waals surface area contributed by atoms with Gasteiger partial charge in [-0.3, -0.25) is 9.69 Å². The van der Waals surface area contributed by atoms with E-state index >= 15 is 0 Å². The zero-order chi connectivity index (χ0) is 8.97. The zero-order valence-corrected chi connectivity index (χ0v) is 7.62. The quantitative estimate of drug-likeness (QED) is 0.669. The lowest BCUT2D eigenvalue weighted by atomic mass is 9.99. The minimum absolute atomic E-state index is 0.0749. The molecule has 0 amide bonds. The summed E-state index contributed by atoms with van der Waals surface area (Å²) in [7, 11) is 0. The molecule has 1 aliphatic rings. The first-order valence-electron chi connectivity index (χ1n) is 4.61. The summed E-state index contributed by atoms with van der Waals surface area (Å²) in [5, 5.41) is 8.77. The Morgan fingerprint density at radius 2 is 2.33 bits per heavy atom. The molecule has 1 saturated heterocycles. The molecule has 0 bridgehead atoms. The van der Waals surface area contributed by atoms with E-state index in [9.17, 15) is 4.79 Å². The number of β-amino-alcohol motifs (C(OH)–C–C–N with tert-alkyl or cyclic N) is 1. The van der Waals surface area contributed by atoms with Crippen LogP contribution in [-0.2, 0) is 4.79 Å². The predicted octanol–water partition coefficient (Wildman–Crippen LogP) is 0.422. The summed E-state index contributed by atoms with van der Waals surface area (Å²) in [6.07, 6.45) is 3.27. The van der Waals surface area contributed by atoms with E-state index in [0.717, 1.165) is 25.8 Å². The van der Waals surface area contributed by atoms with Crippen LogP contribution in [0.15, 0.2) is 0 Å². The van der Waals surface area contributed by atoms with Gasteiger partial charge in [0.05, 0.1) is 12.6 Å². The molecular weight excluding hydrogens is 154 g/mol. The van der Waals surface area contributed by atoms with Gasteiger partial charge in [0.2, 0.25) is 0 Å². The van der Waals surface area contributed by atoms with E-state index in [4.69, 9.17) is 5.11 Å². The molecule has 12 heavy (non-hydrogen) atoms. The Morgan fingerprint density at radius 1 is 1.58 bits per heavy atom. The van der Waals surface area contributed by atoms with E-state index in [1.807, 2.05) is 0 Å². The van der Waals surface area contributed by atoms with Gasteiger partial charge in [-0.15, -0.1) is 0 Å². The lowest BCUT2D eigenvalue weighted by Crippen LogP contribution is -2.44. The number of ketones is 1. The number of hydrogen-bond acceptors (Lipinski definition) is 3. The fourth-order valence-electron chi connectivity index (χ4n) is 1.85. The van der Waals surface area contributed by atoms with Crippen molar-refractivity contribution in [1.82, 2.24) is 4.90 Å². The molecule has 1 N–H and O–H groups in total. The Bertz CT molecular complexity index is 157. The summed E-state index contributed by atoms with van der Waals surface area (Å²) in [4.78, 5) is 13.2. The molecule has 0 radical (unpaired) electrons. The first-order valence-corrected chi connectivity index (χ1v) is 4.61. The second-order valence-electron chi connectivity index (χ2n) is 3.38. The standard InChI is InChI=1S/C9H17NO2/c1-8(12)9-4-2-3-5-10(9)6-7-11/h9,11H,2-7H2,1H3. The Morgan fingerprint density at radius 3 is 2.92 bits per heavy atom. The van der Waals surface area contributed by atoms with Gasteiger partial charge in [-0.25, -0.2) is 0 Å². The van der Waals surface area contributed by atoms with Gasteiger partial charge in [-0.2, -0.15) is 0 Å². The van der Waals surface area contributed by atoms with Gasteiger partial charge in [0, 0.05) is 6.54 Å². The number of nitrogens with zero attached hydrogens (tertiary/aromatic N) is 1. The lowest BCUT2D eigenvalue weighted by molar-refractivity contribution is -0.123. The van der Waals surface area contributed by atoms with Crippen LogP contribution in [-0.4, -0.2) is 41.5 Å². The third-order valence-corrected chi connectivity index (χ3v) is 2.47. The van der Waals surface area contributed by atoms with Gasteiger partial charge in [0.15, 0.2) is 0 Å². The van der Waals surface area contributed by atoms with E-state index in [-0.39, 0.29) is 18.4 Å². The molecule has 0 spiro atoms. The minimum Gasteiger partial charge on any atom is -0.395 e. The predicted molar refractivity (Wildman–Crippen MR) is 47.0 cm³/mol. The Balaban J connectivity index is 2.48. The number of aliphatic hydroxyl groups excluding tert-OH is 1. The highest BCUT2D eigenvalue weighted by molar-refractivity contribution is 5.81. The monoisotopic (exact) mass is 171 g/mol. The SMILES string of the molecule is CC(=O)C1CCCCN1CCO. The molecule has 1 heterocycles. The first kappa shape index (κ1) is 9.68. The molecule has 3 nitrogen and oxygen atoms in total. The van der Waals surface area contributed by atoms with Crippen LogP contribution in [0.5, 0.6) is 0 Å². The van der Waals surface area contributed by atoms with Crippen LogP contribution in [0.4, 0.5) is 0 Å². The molecule has 3 heteroatoms. The third-order valence-electron chi connectivity index (χ3n) is 2.47. The topological polar surface area (TPSA) is 40.5 Å². The molecule has 0 saturated carbocycles. The van der Waals surface area contributed by atoms with Gasteiger partial charge < -0.3 is 5.11 Å². The second-order valence-corrected chi connectivity index (χ2v) is 3.38. The summed E-state index contributed by atoms with van der Waals surface area (Å²) in [5.41, 5.74) is 0. The van der Waals surface area contributed by atoms with Crippen LogP contribution in [0.2, 0.25) is 0 Å². The van der Waals surface area contributed by atoms with E-state index in [1.54, 1.807) is 6.92 Å². The van der Waals surface area contributed by atoms with Crippen molar-refractivity contribution in [2.75, 3.05) is 19.7 Å². The molecule has 1 unspecified atom stereocenters. The van der Waals surface area contributed by atoms with E-state index in [0.29, 0.717) is 6.54 Å². The van der Waals surface area contributed by atoms with E-state index in [1.165, 1.54) is 0 Å². The average Bonchev–Trinajstić information content (AvgIpc) is 2.05. The molecule has 1 rings (SSSR count). The van der Waals surface area contributed by atoms with Crippen molar-refractivity contribution in [1.29, 1.82) is 0 Å². The smallest absolute Gasteiger partial charge is 0.146 e. The molecule has 0 aromatic rings. The largest absolute Gasteiger partial charge is 0.395 e. The fourth-order valence-corrected chi connectivity index (χ4v) is 1.85. The van der Waals surface area contributed by atoms with Crippen LogP contribution in [0, 0.1) is 0 Å². The van der Waals surface area contributed by atoms with Crippen molar-refractivity contribution in [3.8, 4) is 0 Å². The first-order chi connectivity index (χ1) is 5.75. The lowest BCUT2D eigenvalue weighted by Gasteiger charge is -2.33. The van der Waals surface area contributed by atoms with Crippen molar-refractivity contribution in [3.05, 3.63) is 0 Å². The molecule has 0 aromatic carbocycles. The fraction of sp³-hybridized carbons (Fsp3) is 0.889. The van der Waals surface area contributed by atoms with E-state index in [2.05, 4.69) is 4.90 Å². The highest BCUT2D eigenvalue weighted by Crippen LogP contribution is 2.16. The molecule has 1 fully saturated rings. The van der Waals surface area contributed by atoms with Crippen molar-refractivity contribution >= 4 is 5.78 Å². The van der Waals surface area contributed by atoms with Gasteiger partial charge in [0.25, 0.3) is 0 Å². The third kappa shape index (κ3) is 2.29. The van der Waals surface area contributed by atoms with E-state index < -0.39 is 0 Å². The second kappa shape index (κ2) is 4.58. The van der Waals surface area contributed by atoms with Crippen LogP contribution in [0.3, 0.4) is 0 Å². The molecular formula is C9H17NO2. The molecule has 0 aliphatic carbocycles. The summed E-state index contributed by atoms with van der Waals surface area (Å²) in [6.45, 7) is 3.40. The van der Waals surface area contributed by atoms with Gasteiger partial charge in [-0.1, -0.05) is 6.42 Å². The maximum atomic E-state index is 11.2. The van der Waals surface area contributed by atoms with Crippen LogP contribution >= 0.6 is 0 Å². The highest BCUT2D eigenvalue weighted by Gasteiger charge is 2.24. The van der Waals surface area contributed by atoms with Crippen LogP contribution < -0.4 is 0 Å². The Labute approximate surface area is 73.4 Å². The number of rotatable bonds is 3. The minimum atomic E-state index is 0.0749. The van der Waals surface area contributed by atoms with Crippen molar-refractivity contribution in [3.63, 3.8) is 0 Å². The number of hydrogen-bond donors (Lipinski definition) is 1. The number of likely N-dealkylation sites (tertiary alicyclic amines) is 1. The Kier molecular flexibility index (Phi) is 3.69. The summed E-state index contributed by atoms with van der Waals surface area (Å²) in [5.74, 6) is 0.239. The number of Topliss-reactive ketones (excluding diaryl/α,β-unsaturated/α-hetero) is 1. The molecule has 1 aliphatic heterocycles. The summed E-state index contributed by atoms with van der Waals surface area (Å²) in [6, 6.07) is 0.0749. The number of carbonyl (C=O) groups is 1. The van der Waals surface area contributed by atoms with Crippen molar-refractivity contribution in [2.45, 2.75) is 32.2 Å². The van der Waals surface area contributed by atoms with Gasteiger partial charge in [0.1, 0.15) is 5.78 Å². The number of aliphatic hydroxyl groups is 1. The maximum absolute atomic E-state index is 11.2. The normalized spacial score (nSPS) is 25.7. The maximum Gasteiger partial charge on any atom is 0.146 e. The van der Waals surface area contributed by atoms with Crippen LogP contribution in [0.1, 0.15) is 26.2 Å². The van der Waals surface area contributed by atoms with Gasteiger partial charge in [-0.05, 0) is 26.3 Å². The highest BCUT2D eigenvalue weighted by atomic mass is 16.3. The molecule has 70 valence electrons. The Hall–Kier alpha value is -0.410. The zero-order valence-electron chi connectivity index (χ0n) is 7.62. The summed E-state index contributed by atoms with van der Waals surface area (Å²) >= 11 is 0. The average molecular weight is 171 g/mol. The summed E-state index contributed by atoms with van der Waals surface area (Å²) < 4.78 is 0. The van der Waals surface area contributed by atoms with Crippen molar-refractivity contribution < 1.29 is 9.90 Å². The molecule has 0 aromatic heterocycles. The number of carbonyl (C=O) groups excluding carboxylic acids is 1. The van der Waals surface area contributed by atoms with Gasteiger partial charge >= 0.3 is 0 Å². The molecule has 1 atom stereocenters.